The van der Waals surface area contributed by atoms with E-state index in [4.69, 9.17) is 4.74 Å². The SMILES string of the molecule is C[Si](C)(C)C#CC(=O)NCCOC(=O)C#C[Si](C)(C)C. The fourth-order valence-electron chi connectivity index (χ4n) is 0.871. The van der Waals surface area contributed by atoms with Crippen LogP contribution < -0.4 is 5.32 Å². The lowest BCUT2D eigenvalue weighted by molar-refractivity contribution is -0.137. The standard InChI is InChI=1S/C14H23NO3Si2/c1-19(2,3)11-7-13(16)15-9-10-18-14(17)8-12-20(4,5)6/h9-10H2,1-6H3,(H,15,16). The van der Waals surface area contributed by atoms with Crippen LogP contribution in [-0.4, -0.2) is 41.2 Å². The van der Waals surface area contributed by atoms with E-state index in [2.05, 4.69) is 47.9 Å². The number of hydrogen-bond acceptors (Lipinski definition) is 3. The molecule has 0 aromatic rings. The molecule has 0 aromatic heterocycles. The van der Waals surface area contributed by atoms with Gasteiger partial charge in [-0.3, -0.25) is 4.79 Å². The van der Waals surface area contributed by atoms with Crippen LogP contribution in [0, 0.1) is 22.9 Å². The lowest BCUT2D eigenvalue weighted by Crippen LogP contribution is -2.27. The van der Waals surface area contributed by atoms with E-state index in [1.165, 1.54) is 0 Å². The lowest BCUT2D eigenvalue weighted by Gasteiger charge is -2.05. The Hall–Kier alpha value is -1.51. The predicted octanol–water partition coefficient (Wildman–Crippen LogP) is 1.41. The van der Waals surface area contributed by atoms with E-state index in [0.29, 0.717) is 0 Å². The number of carbonyl (C=O) groups is 2. The summed E-state index contributed by atoms with van der Waals surface area (Å²) in [6, 6.07) is 0. The molecule has 0 bridgehead atoms. The predicted molar refractivity (Wildman–Crippen MR) is 86.2 cm³/mol. The molecule has 6 heteroatoms. The highest BCUT2D eigenvalue weighted by Crippen LogP contribution is 1.96. The monoisotopic (exact) mass is 309 g/mol. The molecule has 0 rings (SSSR count). The van der Waals surface area contributed by atoms with Crippen LogP contribution in [0.3, 0.4) is 0 Å². The van der Waals surface area contributed by atoms with E-state index in [0.717, 1.165) is 0 Å². The Labute approximate surface area is 123 Å². The molecule has 110 valence electrons. The zero-order chi connectivity index (χ0) is 15.8. The van der Waals surface area contributed by atoms with E-state index >= 15 is 0 Å². The van der Waals surface area contributed by atoms with Gasteiger partial charge in [0.25, 0.3) is 5.91 Å². The van der Waals surface area contributed by atoms with E-state index < -0.39 is 22.1 Å². The second-order valence-corrected chi connectivity index (χ2v) is 15.9. The van der Waals surface area contributed by atoms with Crippen molar-refractivity contribution in [2.75, 3.05) is 13.2 Å². The third kappa shape index (κ3) is 12.9. The van der Waals surface area contributed by atoms with E-state index in [1.807, 2.05) is 19.6 Å². The average molecular weight is 310 g/mol. The first-order valence-corrected chi connectivity index (χ1v) is 13.5. The summed E-state index contributed by atoms with van der Waals surface area (Å²) >= 11 is 0. The number of amides is 1. The average Bonchev–Trinajstić information content (AvgIpc) is 2.27. The van der Waals surface area contributed by atoms with Crippen molar-refractivity contribution in [2.24, 2.45) is 0 Å². The first-order valence-electron chi connectivity index (χ1n) is 6.50. The molecule has 0 saturated heterocycles. The Morgan fingerprint density at radius 2 is 1.45 bits per heavy atom. The maximum atomic E-state index is 11.4. The topological polar surface area (TPSA) is 55.4 Å². The van der Waals surface area contributed by atoms with Crippen molar-refractivity contribution in [1.82, 2.24) is 5.32 Å². The Kier molecular flexibility index (Phi) is 7.34. The fourth-order valence-corrected chi connectivity index (χ4v) is 1.84. The smallest absolute Gasteiger partial charge is 0.383 e. The summed E-state index contributed by atoms with van der Waals surface area (Å²) < 4.78 is 4.89. The van der Waals surface area contributed by atoms with Crippen molar-refractivity contribution in [2.45, 2.75) is 39.3 Å². The van der Waals surface area contributed by atoms with Gasteiger partial charge in [0.05, 0.1) is 6.54 Å². The Balaban J connectivity index is 3.97. The van der Waals surface area contributed by atoms with Crippen molar-refractivity contribution in [1.29, 1.82) is 0 Å². The molecular weight excluding hydrogens is 286 g/mol. The first-order chi connectivity index (χ1) is 8.99. The Morgan fingerprint density at radius 1 is 0.950 bits per heavy atom. The molecule has 1 amide bonds. The molecule has 0 spiro atoms. The van der Waals surface area contributed by atoms with Crippen molar-refractivity contribution in [3.05, 3.63) is 0 Å². The maximum absolute atomic E-state index is 11.4. The summed E-state index contributed by atoms with van der Waals surface area (Å²) in [6.45, 7) is 12.7. The van der Waals surface area contributed by atoms with Crippen LogP contribution in [0.1, 0.15) is 0 Å². The molecule has 0 aliphatic rings. The quantitative estimate of drug-likeness (QED) is 0.371. The van der Waals surface area contributed by atoms with Gasteiger partial charge in [0.15, 0.2) is 0 Å². The fraction of sp³-hybridized carbons (Fsp3) is 0.571. The molecule has 20 heavy (non-hydrogen) atoms. The normalized spacial score (nSPS) is 10.5. The molecule has 0 fully saturated rings. The van der Waals surface area contributed by atoms with Crippen LogP contribution in [-0.2, 0) is 14.3 Å². The van der Waals surface area contributed by atoms with E-state index in [9.17, 15) is 9.59 Å². The second kappa shape index (κ2) is 7.93. The molecule has 0 heterocycles. The Morgan fingerprint density at radius 3 is 1.95 bits per heavy atom. The highest BCUT2D eigenvalue weighted by atomic mass is 28.3. The van der Waals surface area contributed by atoms with Crippen LogP contribution in [0.5, 0.6) is 0 Å². The third-order valence-corrected chi connectivity index (χ3v) is 3.46. The maximum Gasteiger partial charge on any atom is 0.383 e. The first kappa shape index (κ1) is 18.5. The summed E-state index contributed by atoms with van der Waals surface area (Å²) in [7, 11) is -3.10. The van der Waals surface area contributed by atoms with Gasteiger partial charge >= 0.3 is 5.97 Å². The van der Waals surface area contributed by atoms with Gasteiger partial charge in [0, 0.05) is 5.92 Å². The van der Waals surface area contributed by atoms with Crippen molar-refractivity contribution in [3.8, 4) is 22.9 Å². The molecule has 0 saturated carbocycles. The highest BCUT2D eigenvalue weighted by molar-refractivity contribution is 6.84. The van der Waals surface area contributed by atoms with Crippen LogP contribution in [0.2, 0.25) is 39.3 Å². The summed E-state index contributed by atoms with van der Waals surface area (Å²) in [4.78, 5) is 22.6. The van der Waals surface area contributed by atoms with Gasteiger partial charge in [-0.1, -0.05) is 39.3 Å². The Bertz CT molecular complexity index is 433. The number of ether oxygens (including phenoxy) is 1. The summed E-state index contributed by atoms with van der Waals surface area (Å²) in [5.41, 5.74) is 5.88. The van der Waals surface area contributed by atoms with E-state index in [-0.39, 0.29) is 19.1 Å². The zero-order valence-electron chi connectivity index (χ0n) is 13.1. The largest absolute Gasteiger partial charge is 0.454 e. The number of rotatable bonds is 3. The van der Waals surface area contributed by atoms with Gasteiger partial charge in [0.1, 0.15) is 22.8 Å². The van der Waals surface area contributed by atoms with Crippen molar-refractivity contribution >= 4 is 28.0 Å². The molecule has 0 atom stereocenters. The van der Waals surface area contributed by atoms with Crippen LogP contribution in [0.25, 0.3) is 0 Å². The van der Waals surface area contributed by atoms with Gasteiger partial charge < -0.3 is 10.1 Å². The molecular formula is C14H23NO3Si2. The van der Waals surface area contributed by atoms with Gasteiger partial charge in [-0.25, -0.2) is 4.79 Å². The summed E-state index contributed by atoms with van der Waals surface area (Å²) in [6.07, 6.45) is 0. The molecule has 0 aromatic carbocycles. The molecule has 0 unspecified atom stereocenters. The molecule has 0 aliphatic heterocycles. The minimum absolute atomic E-state index is 0.111. The van der Waals surface area contributed by atoms with E-state index in [1.54, 1.807) is 0 Å². The summed E-state index contributed by atoms with van der Waals surface area (Å²) in [5.74, 6) is 4.14. The number of hydrogen-bond donors (Lipinski definition) is 1. The lowest BCUT2D eigenvalue weighted by atomic mass is 10.6. The second-order valence-electron chi connectivity index (χ2n) is 6.39. The number of nitrogens with one attached hydrogen (secondary N) is 1. The van der Waals surface area contributed by atoms with Crippen molar-refractivity contribution in [3.63, 3.8) is 0 Å². The number of esters is 1. The minimum atomic E-state index is -1.56. The van der Waals surface area contributed by atoms with Gasteiger partial charge in [-0.15, -0.1) is 11.1 Å². The van der Waals surface area contributed by atoms with Gasteiger partial charge in [-0.05, 0) is 5.92 Å². The molecule has 4 nitrogen and oxygen atoms in total. The van der Waals surface area contributed by atoms with Crippen LogP contribution in [0.4, 0.5) is 0 Å². The zero-order valence-corrected chi connectivity index (χ0v) is 15.1. The van der Waals surface area contributed by atoms with Gasteiger partial charge in [-0.2, -0.15) is 0 Å². The molecule has 0 radical (unpaired) electrons. The van der Waals surface area contributed by atoms with Gasteiger partial charge in [0.2, 0.25) is 0 Å². The number of carbonyl (C=O) groups excluding carboxylic acids is 2. The highest BCUT2D eigenvalue weighted by Gasteiger charge is 2.09. The van der Waals surface area contributed by atoms with Crippen LogP contribution >= 0.6 is 0 Å². The third-order valence-electron chi connectivity index (χ3n) is 1.71. The summed E-state index contributed by atoms with van der Waals surface area (Å²) in [5, 5.41) is 2.58. The molecule has 0 aliphatic carbocycles. The molecule has 1 N–H and O–H groups in total. The van der Waals surface area contributed by atoms with Crippen LogP contribution in [0.15, 0.2) is 0 Å². The minimum Gasteiger partial charge on any atom is -0.454 e. The van der Waals surface area contributed by atoms with Crippen molar-refractivity contribution < 1.29 is 14.3 Å².